The molecule has 2 heterocycles. The number of nitrogens with zero attached hydrogens (tertiary/aromatic N) is 1. The van der Waals surface area contributed by atoms with Crippen molar-refractivity contribution in [2.24, 2.45) is 5.73 Å². The molecule has 0 saturated carbocycles. The molecule has 0 aliphatic carbocycles. The average molecular weight is 222 g/mol. The third kappa shape index (κ3) is 2.37. The molecule has 1 aliphatic rings. The molecule has 0 radical (unpaired) electrons. The van der Waals surface area contributed by atoms with Crippen molar-refractivity contribution in [2.75, 3.05) is 26.3 Å². The maximum Gasteiger partial charge on any atom is 0.282 e. The summed E-state index contributed by atoms with van der Waals surface area (Å²) in [6.07, 6.45) is 1.69. The number of quaternary nitrogens is 1. The van der Waals surface area contributed by atoms with E-state index >= 15 is 0 Å². The molecule has 1 fully saturated rings. The summed E-state index contributed by atoms with van der Waals surface area (Å²) in [6.45, 7) is 2.94. The summed E-state index contributed by atoms with van der Waals surface area (Å²) in [5, 5.41) is 0. The van der Waals surface area contributed by atoms with Gasteiger partial charge in [-0.05, 0) is 12.1 Å². The van der Waals surface area contributed by atoms with E-state index in [2.05, 4.69) is 4.98 Å². The molecule has 5 nitrogen and oxygen atoms in total. The number of aromatic nitrogens is 1. The van der Waals surface area contributed by atoms with Gasteiger partial charge in [-0.3, -0.25) is 9.78 Å². The van der Waals surface area contributed by atoms with E-state index in [1.54, 1.807) is 6.20 Å². The second kappa shape index (κ2) is 5.05. The summed E-state index contributed by atoms with van der Waals surface area (Å²) >= 11 is 0. The van der Waals surface area contributed by atoms with Gasteiger partial charge in [0.25, 0.3) is 5.91 Å². The highest BCUT2D eigenvalue weighted by Crippen LogP contribution is 2.05. The number of rotatable bonds is 3. The molecule has 0 spiro atoms. The van der Waals surface area contributed by atoms with Crippen LogP contribution >= 0.6 is 0 Å². The van der Waals surface area contributed by atoms with Crippen LogP contribution in [-0.2, 0) is 9.53 Å². The van der Waals surface area contributed by atoms with Gasteiger partial charge in [-0.1, -0.05) is 6.07 Å². The fraction of sp³-hybridized carbons (Fsp3) is 0.455. The Morgan fingerprint density at radius 1 is 1.44 bits per heavy atom. The third-order valence-electron chi connectivity index (χ3n) is 2.81. The zero-order chi connectivity index (χ0) is 11.4. The molecule has 1 saturated heterocycles. The van der Waals surface area contributed by atoms with Crippen molar-refractivity contribution in [3.05, 3.63) is 30.1 Å². The van der Waals surface area contributed by atoms with Crippen molar-refractivity contribution in [1.29, 1.82) is 0 Å². The lowest BCUT2D eigenvalue weighted by molar-refractivity contribution is -0.929. The van der Waals surface area contributed by atoms with Crippen molar-refractivity contribution >= 4 is 5.91 Å². The number of hydrogen-bond donors (Lipinski definition) is 2. The summed E-state index contributed by atoms with van der Waals surface area (Å²) < 4.78 is 5.27. The van der Waals surface area contributed by atoms with Gasteiger partial charge in [0.15, 0.2) is 0 Å². The fourth-order valence-corrected chi connectivity index (χ4v) is 2.03. The van der Waals surface area contributed by atoms with Crippen LogP contribution < -0.4 is 10.6 Å². The molecule has 1 aromatic heterocycles. The predicted molar refractivity (Wildman–Crippen MR) is 57.7 cm³/mol. The number of primary amides is 1. The van der Waals surface area contributed by atoms with Crippen LogP contribution in [0.4, 0.5) is 0 Å². The Morgan fingerprint density at radius 3 is 2.75 bits per heavy atom. The Balaban J connectivity index is 2.20. The number of hydrogen-bond acceptors (Lipinski definition) is 3. The maximum atomic E-state index is 11.5. The van der Waals surface area contributed by atoms with Crippen molar-refractivity contribution in [1.82, 2.24) is 4.98 Å². The van der Waals surface area contributed by atoms with E-state index in [0.717, 1.165) is 23.7 Å². The summed E-state index contributed by atoms with van der Waals surface area (Å²) in [5.74, 6) is -0.324. The molecular weight excluding hydrogens is 206 g/mol. The first-order valence-electron chi connectivity index (χ1n) is 5.41. The van der Waals surface area contributed by atoms with Gasteiger partial charge in [0.05, 0.1) is 13.2 Å². The molecule has 5 heteroatoms. The van der Waals surface area contributed by atoms with Crippen LogP contribution in [0.5, 0.6) is 0 Å². The minimum absolute atomic E-state index is 0.324. The SMILES string of the molecule is NC(=O)[C@H](c1ccccn1)[NH+]1CCOCC1. The number of carbonyl (C=O) groups excluding carboxylic acids is 1. The van der Waals surface area contributed by atoms with Gasteiger partial charge in [-0.2, -0.15) is 0 Å². The minimum atomic E-state index is -0.356. The molecule has 0 unspecified atom stereocenters. The second-order valence-electron chi connectivity index (χ2n) is 3.86. The lowest BCUT2D eigenvalue weighted by atomic mass is 10.1. The summed E-state index contributed by atoms with van der Waals surface area (Å²) in [7, 11) is 0. The standard InChI is InChI=1S/C11H15N3O2/c12-11(15)10(9-3-1-2-4-13-9)14-5-7-16-8-6-14/h1-4,10H,5-8H2,(H2,12,15)/p+1/t10-/m0/s1. The number of amides is 1. The van der Waals surface area contributed by atoms with E-state index in [4.69, 9.17) is 10.5 Å². The fourth-order valence-electron chi connectivity index (χ4n) is 2.03. The van der Waals surface area contributed by atoms with E-state index in [0.29, 0.717) is 13.2 Å². The molecule has 0 bridgehead atoms. The molecule has 1 amide bonds. The van der Waals surface area contributed by atoms with E-state index in [9.17, 15) is 4.79 Å². The number of pyridine rings is 1. The van der Waals surface area contributed by atoms with Gasteiger partial charge in [-0.25, -0.2) is 0 Å². The van der Waals surface area contributed by atoms with E-state index in [1.807, 2.05) is 18.2 Å². The van der Waals surface area contributed by atoms with E-state index in [1.165, 1.54) is 0 Å². The number of ether oxygens (including phenoxy) is 1. The summed E-state index contributed by atoms with van der Waals surface area (Å²) in [4.78, 5) is 16.9. The van der Waals surface area contributed by atoms with E-state index < -0.39 is 0 Å². The Hall–Kier alpha value is -1.46. The lowest BCUT2D eigenvalue weighted by Crippen LogP contribution is -3.15. The molecule has 16 heavy (non-hydrogen) atoms. The minimum Gasteiger partial charge on any atom is -0.370 e. The van der Waals surface area contributed by atoms with Crippen LogP contribution in [0, 0.1) is 0 Å². The van der Waals surface area contributed by atoms with Gasteiger partial charge in [0, 0.05) is 6.20 Å². The molecule has 1 atom stereocenters. The molecule has 1 aromatic rings. The number of carbonyl (C=O) groups is 1. The Bertz CT molecular complexity index is 350. The molecule has 3 N–H and O–H groups in total. The normalized spacial score (nSPS) is 19.2. The Labute approximate surface area is 94.2 Å². The first-order valence-corrected chi connectivity index (χ1v) is 5.41. The molecule has 0 aromatic carbocycles. The first-order chi connectivity index (χ1) is 7.79. The van der Waals surface area contributed by atoms with Crippen LogP contribution in [0.25, 0.3) is 0 Å². The molecule has 86 valence electrons. The van der Waals surface area contributed by atoms with Crippen molar-refractivity contribution in [3.8, 4) is 0 Å². The van der Waals surface area contributed by atoms with Crippen molar-refractivity contribution in [3.63, 3.8) is 0 Å². The van der Waals surface area contributed by atoms with Crippen LogP contribution in [0.2, 0.25) is 0 Å². The lowest BCUT2D eigenvalue weighted by Gasteiger charge is -2.29. The quantitative estimate of drug-likeness (QED) is 0.655. The summed E-state index contributed by atoms with van der Waals surface area (Å²) in [6, 6.07) is 5.19. The summed E-state index contributed by atoms with van der Waals surface area (Å²) in [5.41, 5.74) is 6.20. The monoisotopic (exact) mass is 222 g/mol. The van der Waals surface area contributed by atoms with Crippen LogP contribution in [-0.4, -0.2) is 37.2 Å². The smallest absolute Gasteiger partial charge is 0.282 e. The van der Waals surface area contributed by atoms with Crippen LogP contribution in [0.3, 0.4) is 0 Å². The van der Waals surface area contributed by atoms with Crippen LogP contribution in [0.1, 0.15) is 11.7 Å². The Kier molecular flexibility index (Phi) is 3.48. The average Bonchev–Trinajstić information content (AvgIpc) is 2.31. The highest BCUT2D eigenvalue weighted by Gasteiger charge is 2.31. The van der Waals surface area contributed by atoms with Gasteiger partial charge >= 0.3 is 0 Å². The zero-order valence-electron chi connectivity index (χ0n) is 9.06. The maximum absolute atomic E-state index is 11.5. The number of nitrogens with two attached hydrogens (primary N) is 1. The van der Waals surface area contributed by atoms with Crippen molar-refractivity contribution in [2.45, 2.75) is 6.04 Å². The molecule has 2 rings (SSSR count). The second-order valence-corrected chi connectivity index (χ2v) is 3.86. The van der Waals surface area contributed by atoms with Gasteiger partial charge < -0.3 is 15.4 Å². The van der Waals surface area contributed by atoms with Crippen LogP contribution in [0.15, 0.2) is 24.4 Å². The predicted octanol–water partition coefficient (Wildman–Crippen LogP) is -1.48. The topological polar surface area (TPSA) is 69.7 Å². The molecular formula is C11H16N3O2+. The van der Waals surface area contributed by atoms with Gasteiger partial charge in [0.1, 0.15) is 18.8 Å². The largest absolute Gasteiger partial charge is 0.370 e. The highest BCUT2D eigenvalue weighted by molar-refractivity contribution is 5.79. The van der Waals surface area contributed by atoms with Gasteiger partial charge in [0.2, 0.25) is 6.04 Å². The number of nitrogens with one attached hydrogen (secondary N) is 1. The van der Waals surface area contributed by atoms with Gasteiger partial charge in [-0.15, -0.1) is 0 Å². The molecule has 1 aliphatic heterocycles. The third-order valence-corrected chi connectivity index (χ3v) is 2.81. The first kappa shape index (κ1) is 11.0. The zero-order valence-corrected chi connectivity index (χ0v) is 9.06. The van der Waals surface area contributed by atoms with E-state index in [-0.39, 0.29) is 11.9 Å². The Morgan fingerprint density at radius 2 is 2.19 bits per heavy atom. The highest BCUT2D eigenvalue weighted by atomic mass is 16.5. The van der Waals surface area contributed by atoms with Crippen molar-refractivity contribution < 1.29 is 14.4 Å². The number of morpholine rings is 1.